The first-order chi connectivity index (χ1) is 10.2. The Hall–Kier alpha value is -1.99. The zero-order valence-electron chi connectivity index (χ0n) is 13.2. The first kappa shape index (κ1) is 18.1. The lowest BCUT2D eigenvalue weighted by Crippen LogP contribution is -2.39. The van der Waals surface area contributed by atoms with Crippen LogP contribution in [0.5, 0.6) is 0 Å². The van der Waals surface area contributed by atoms with E-state index in [0.29, 0.717) is 13.0 Å². The maximum absolute atomic E-state index is 11.5. The number of rotatable bonds is 7. The summed E-state index contributed by atoms with van der Waals surface area (Å²) < 4.78 is 5.17. The highest BCUT2D eigenvalue weighted by atomic mass is 16.6. The van der Waals surface area contributed by atoms with Crippen molar-refractivity contribution in [2.24, 2.45) is 5.73 Å². The molecule has 0 aliphatic heterocycles. The maximum atomic E-state index is 11.5. The van der Waals surface area contributed by atoms with E-state index in [-0.39, 0.29) is 24.2 Å². The minimum Gasteiger partial charge on any atom is -0.459 e. The molecule has 1 unspecified atom stereocenters. The number of carbonyl (C=O) groups is 1. The smallest absolute Gasteiger partial charge is 0.320 e. The van der Waals surface area contributed by atoms with Crippen LogP contribution in [0.15, 0.2) is 24.3 Å². The van der Waals surface area contributed by atoms with Crippen molar-refractivity contribution < 1.29 is 14.5 Å². The number of nitrogens with one attached hydrogen (secondary N) is 1. The lowest BCUT2D eigenvalue weighted by atomic mass is 10.1. The lowest BCUT2D eigenvalue weighted by Gasteiger charge is -2.20. The van der Waals surface area contributed by atoms with Crippen molar-refractivity contribution in [3.8, 4) is 0 Å². The number of esters is 1. The molecule has 0 spiro atoms. The number of nitrogens with zero attached hydrogens (tertiary/aromatic N) is 1. The third-order valence-corrected chi connectivity index (χ3v) is 2.74. The van der Waals surface area contributed by atoms with E-state index in [1.54, 1.807) is 12.1 Å². The molecule has 0 aromatic heterocycles. The third-order valence-electron chi connectivity index (χ3n) is 2.74. The van der Waals surface area contributed by atoms with Gasteiger partial charge in [0.15, 0.2) is 0 Å². The molecule has 22 heavy (non-hydrogen) atoms. The van der Waals surface area contributed by atoms with Gasteiger partial charge >= 0.3 is 5.97 Å². The van der Waals surface area contributed by atoms with Crippen molar-refractivity contribution in [3.05, 3.63) is 39.9 Å². The molecule has 7 heteroatoms. The molecule has 0 amide bonds. The van der Waals surface area contributed by atoms with Crippen LogP contribution >= 0.6 is 0 Å². The van der Waals surface area contributed by atoms with Gasteiger partial charge in [-0.15, -0.1) is 0 Å². The molecule has 0 bridgehead atoms. The molecule has 1 atom stereocenters. The van der Waals surface area contributed by atoms with Crippen LogP contribution in [-0.2, 0) is 16.0 Å². The number of carbonyl (C=O) groups excluding carboxylic acids is 1. The normalized spacial score (nSPS) is 12.7. The van der Waals surface area contributed by atoms with Gasteiger partial charge in [0, 0.05) is 24.7 Å². The highest BCUT2D eigenvalue weighted by Crippen LogP contribution is 2.12. The standard InChI is InChI=1S/C15H23N3O4/c1-15(2,3)22-14(19)10-17-9-12(16)8-11-4-6-13(7-5-11)18(20)21/h4-7,12,17H,8-10,16H2,1-3H3. The Bertz CT molecular complexity index is 509. The van der Waals surface area contributed by atoms with Gasteiger partial charge in [0.05, 0.1) is 11.5 Å². The van der Waals surface area contributed by atoms with Crippen LogP contribution in [0.4, 0.5) is 5.69 Å². The second-order valence-electron chi connectivity index (χ2n) is 6.11. The van der Waals surface area contributed by atoms with Crippen LogP contribution in [0, 0.1) is 10.1 Å². The predicted octanol–water partition coefficient (Wildman–Crippen LogP) is 1.40. The first-order valence-corrected chi connectivity index (χ1v) is 7.09. The van der Waals surface area contributed by atoms with E-state index in [9.17, 15) is 14.9 Å². The van der Waals surface area contributed by atoms with E-state index in [1.807, 2.05) is 20.8 Å². The predicted molar refractivity (Wildman–Crippen MR) is 83.5 cm³/mol. The number of nitro benzene ring substituents is 1. The quantitative estimate of drug-likeness (QED) is 0.448. The third kappa shape index (κ3) is 7.14. The molecule has 1 aromatic carbocycles. The monoisotopic (exact) mass is 309 g/mol. The van der Waals surface area contributed by atoms with Crippen molar-refractivity contribution in [2.45, 2.75) is 38.8 Å². The molecule has 0 heterocycles. The molecule has 0 aliphatic carbocycles. The largest absolute Gasteiger partial charge is 0.459 e. The van der Waals surface area contributed by atoms with Gasteiger partial charge < -0.3 is 15.8 Å². The molecule has 0 saturated heterocycles. The van der Waals surface area contributed by atoms with Crippen molar-refractivity contribution >= 4 is 11.7 Å². The Morgan fingerprint density at radius 3 is 2.45 bits per heavy atom. The van der Waals surface area contributed by atoms with Crippen molar-refractivity contribution in [1.29, 1.82) is 0 Å². The number of hydrogen-bond acceptors (Lipinski definition) is 6. The molecule has 0 radical (unpaired) electrons. The van der Waals surface area contributed by atoms with Gasteiger partial charge in [0.25, 0.3) is 5.69 Å². The van der Waals surface area contributed by atoms with Gasteiger partial charge in [-0.2, -0.15) is 0 Å². The lowest BCUT2D eigenvalue weighted by molar-refractivity contribution is -0.384. The Balaban J connectivity index is 2.33. The molecule has 122 valence electrons. The fourth-order valence-corrected chi connectivity index (χ4v) is 1.87. The molecule has 1 aromatic rings. The number of ether oxygens (including phenoxy) is 1. The Morgan fingerprint density at radius 2 is 1.95 bits per heavy atom. The van der Waals surface area contributed by atoms with Crippen LogP contribution in [0.2, 0.25) is 0 Å². The van der Waals surface area contributed by atoms with Crippen LogP contribution in [0.25, 0.3) is 0 Å². The van der Waals surface area contributed by atoms with Gasteiger partial charge in [-0.3, -0.25) is 14.9 Å². The van der Waals surface area contributed by atoms with Crippen LogP contribution in [0.1, 0.15) is 26.3 Å². The van der Waals surface area contributed by atoms with Crippen molar-refractivity contribution in [2.75, 3.05) is 13.1 Å². The Labute approximate surface area is 130 Å². The topological polar surface area (TPSA) is 107 Å². The maximum Gasteiger partial charge on any atom is 0.320 e. The van der Waals surface area contributed by atoms with E-state index in [4.69, 9.17) is 10.5 Å². The average molecular weight is 309 g/mol. The SMILES string of the molecule is CC(C)(C)OC(=O)CNCC(N)Cc1ccc([N+](=O)[O-])cc1. The van der Waals surface area contributed by atoms with Gasteiger partial charge in [0.1, 0.15) is 5.60 Å². The Kier molecular flexibility index (Phi) is 6.45. The summed E-state index contributed by atoms with van der Waals surface area (Å²) in [5.41, 5.74) is 6.44. The summed E-state index contributed by atoms with van der Waals surface area (Å²) in [5.74, 6) is -0.324. The van der Waals surface area contributed by atoms with Gasteiger partial charge in [-0.1, -0.05) is 12.1 Å². The van der Waals surface area contributed by atoms with Gasteiger partial charge in [-0.05, 0) is 32.8 Å². The number of non-ortho nitro benzene ring substituents is 1. The first-order valence-electron chi connectivity index (χ1n) is 7.09. The van der Waals surface area contributed by atoms with Crippen LogP contribution < -0.4 is 11.1 Å². The second-order valence-corrected chi connectivity index (χ2v) is 6.11. The molecular formula is C15H23N3O4. The molecule has 0 fully saturated rings. The van der Waals surface area contributed by atoms with E-state index >= 15 is 0 Å². The van der Waals surface area contributed by atoms with Crippen molar-refractivity contribution in [3.63, 3.8) is 0 Å². The number of hydrogen-bond donors (Lipinski definition) is 2. The second kappa shape index (κ2) is 7.86. The fraction of sp³-hybridized carbons (Fsp3) is 0.533. The Morgan fingerprint density at radius 1 is 1.36 bits per heavy atom. The number of nitrogens with two attached hydrogens (primary N) is 1. The minimum atomic E-state index is -0.500. The van der Waals surface area contributed by atoms with Crippen LogP contribution in [0.3, 0.4) is 0 Å². The fourth-order valence-electron chi connectivity index (χ4n) is 1.87. The molecular weight excluding hydrogens is 286 g/mol. The van der Waals surface area contributed by atoms with Crippen molar-refractivity contribution in [1.82, 2.24) is 5.32 Å². The minimum absolute atomic E-state index is 0.0559. The summed E-state index contributed by atoms with van der Waals surface area (Å²) in [6.07, 6.45) is 0.569. The highest BCUT2D eigenvalue weighted by molar-refractivity contribution is 5.72. The summed E-state index contributed by atoms with van der Waals surface area (Å²) >= 11 is 0. The molecule has 3 N–H and O–H groups in total. The zero-order valence-corrected chi connectivity index (χ0v) is 13.2. The number of nitro groups is 1. The van der Waals surface area contributed by atoms with E-state index in [1.165, 1.54) is 12.1 Å². The molecule has 1 rings (SSSR count). The summed E-state index contributed by atoms with van der Waals surface area (Å²) in [4.78, 5) is 21.6. The number of benzene rings is 1. The summed E-state index contributed by atoms with van der Waals surface area (Å²) in [5, 5.41) is 13.5. The summed E-state index contributed by atoms with van der Waals surface area (Å²) in [6.45, 7) is 5.99. The average Bonchev–Trinajstić information content (AvgIpc) is 2.37. The van der Waals surface area contributed by atoms with E-state index in [0.717, 1.165) is 5.56 Å². The van der Waals surface area contributed by atoms with Crippen LogP contribution in [-0.4, -0.2) is 35.6 Å². The molecule has 7 nitrogen and oxygen atoms in total. The summed E-state index contributed by atoms with van der Waals surface area (Å²) in [6, 6.07) is 6.09. The van der Waals surface area contributed by atoms with Gasteiger partial charge in [0.2, 0.25) is 0 Å². The van der Waals surface area contributed by atoms with Gasteiger partial charge in [-0.25, -0.2) is 0 Å². The molecule has 0 aliphatic rings. The molecule has 0 saturated carbocycles. The van der Waals surface area contributed by atoms with E-state index < -0.39 is 10.5 Å². The highest BCUT2D eigenvalue weighted by Gasteiger charge is 2.16. The zero-order chi connectivity index (χ0) is 16.8. The summed E-state index contributed by atoms with van der Waals surface area (Å²) in [7, 11) is 0. The van der Waals surface area contributed by atoms with E-state index in [2.05, 4.69) is 5.32 Å².